The van der Waals surface area contributed by atoms with Crippen LogP contribution in [0.15, 0.2) is 0 Å². The summed E-state index contributed by atoms with van der Waals surface area (Å²) in [5.41, 5.74) is 0. The molecule has 1 unspecified atom stereocenters. The monoisotopic (exact) mass is 264 g/mol. The summed E-state index contributed by atoms with van der Waals surface area (Å²) in [6, 6.07) is -0.102. The summed E-state index contributed by atoms with van der Waals surface area (Å²) in [6.45, 7) is 4.46. The van der Waals surface area contributed by atoms with E-state index in [9.17, 15) is 13.2 Å². The van der Waals surface area contributed by atoms with Crippen LogP contribution in [0.2, 0.25) is 0 Å². The van der Waals surface area contributed by atoms with Gasteiger partial charge in [0.2, 0.25) is 0 Å². The minimum atomic E-state index is -3.35. The number of carbonyl (C=O) groups is 1. The van der Waals surface area contributed by atoms with E-state index in [2.05, 4.69) is 0 Å². The molecule has 0 saturated carbocycles. The Morgan fingerprint density at radius 2 is 2.00 bits per heavy atom. The van der Waals surface area contributed by atoms with Gasteiger partial charge in [-0.2, -0.15) is 17.0 Å². The van der Waals surface area contributed by atoms with E-state index in [0.717, 1.165) is 0 Å². The molecule has 1 aliphatic heterocycles. The molecule has 0 bridgehead atoms. The van der Waals surface area contributed by atoms with Crippen molar-refractivity contribution in [3.05, 3.63) is 0 Å². The molecule has 1 fully saturated rings. The third-order valence-corrected chi connectivity index (χ3v) is 5.09. The van der Waals surface area contributed by atoms with Crippen LogP contribution < -0.4 is 0 Å². The van der Waals surface area contributed by atoms with Crippen molar-refractivity contribution in [2.75, 3.05) is 20.1 Å². The average molecular weight is 264 g/mol. The second-order valence-corrected chi connectivity index (χ2v) is 6.74. The van der Waals surface area contributed by atoms with Crippen LogP contribution in [0, 0.1) is 5.92 Å². The fourth-order valence-electron chi connectivity index (χ4n) is 2.03. The molecule has 0 aromatic carbocycles. The topological polar surface area (TPSA) is 77.9 Å². The molecule has 100 valence electrons. The van der Waals surface area contributed by atoms with Crippen LogP contribution in [0.4, 0.5) is 0 Å². The van der Waals surface area contributed by atoms with Gasteiger partial charge < -0.3 is 5.11 Å². The van der Waals surface area contributed by atoms with Crippen LogP contribution in [-0.4, -0.2) is 54.3 Å². The van der Waals surface area contributed by atoms with Crippen molar-refractivity contribution in [3.8, 4) is 0 Å². The van der Waals surface area contributed by atoms with Crippen LogP contribution in [0.25, 0.3) is 0 Å². The van der Waals surface area contributed by atoms with Gasteiger partial charge in [0.1, 0.15) is 0 Å². The Balaban J connectivity index is 2.74. The highest BCUT2D eigenvalue weighted by atomic mass is 32.2. The van der Waals surface area contributed by atoms with Gasteiger partial charge in [0, 0.05) is 32.6 Å². The van der Waals surface area contributed by atoms with Crippen molar-refractivity contribution in [2.24, 2.45) is 5.92 Å². The Kier molecular flexibility index (Phi) is 4.51. The molecular weight excluding hydrogens is 244 g/mol. The lowest BCUT2D eigenvalue weighted by Gasteiger charge is -2.39. The molecule has 0 aromatic heterocycles. The molecular formula is C10H20N2O4S. The predicted molar refractivity (Wildman–Crippen MR) is 63.8 cm³/mol. The number of hydrogen-bond donors (Lipinski definition) is 1. The maximum Gasteiger partial charge on any atom is 0.303 e. The number of hydrogen-bond acceptors (Lipinski definition) is 3. The van der Waals surface area contributed by atoms with Crippen molar-refractivity contribution in [3.63, 3.8) is 0 Å². The first-order chi connectivity index (χ1) is 7.75. The normalized spacial score (nSPS) is 26.2. The molecule has 1 rings (SSSR count). The van der Waals surface area contributed by atoms with E-state index in [4.69, 9.17) is 5.11 Å². The van der Waals surface area contributed by atoms with Gasteiger partial charge in [-0.05, 0) is 26.2 Å². The van der Waals surface area contributed by atoms with Gasteiger partial charge in [0.05, 0.1) is 0 Å². The van der Waals surface area contributed by atoms with Gasteiger partial charge in [-0.3, -0.25) is 4.79 Å². The maximum absolute atomic E-state index is 12.0. The summed E-state index contributed by atoms with van der Waals surface area (Å²) in [5, 5.41) is 8.64. The van der Waals surface area contributed by atoms with Gasteiger partial charge in [-0.1, -0.05) is 0 Å². The third-order valence-electron chi connectivity index (χ3n) is 2.99. The zero-order valence-electron chi connectivity index (χ0n) is 10.5. The van der Waals surface area contributed by atoms with E-state index in [0.29, 0.717) is 19.5 Å². The first-order valence-electron chi connectivity index (χ1n) is 5.70. The largest absolute Gasteiger partial charge is 0.481 e. The highest BCUT2D eigenvalue weighted by molar-refractivity contribution is 7.86. The molecule has 7 heteroatoms. The lowest BCUT2D eigenvalue weighted by Crippen LogP contribution is -2.54. The zero-order chi connectivity index (χ0) is 13.2. The second-order valence-electron chi connectivity index (χ2n) is 4.75. The molecule has 0 aliphatic carbocycles. The van der Waals surface area contributed by atoms with Gasteiger partial charge in [-0.25, -0.2) is 0 Å². The summed E-state index contributed by atoms with van der Waals surface area (Å²) in [6.07, 6.45) is 0.600. The lowest BCUT2D eigenvalue weighted by molar-refractivity contribution is -0.137. The molecule has 1 heterocycles. The highest BCUT2D eigenvalue weighted by Crippen LogP contribution is 2.23. The summed E-state index contributed by atoms with van der Waals surface area (Å²) in [7, 11) is -1.81. The van der Waals surface area contributed by atoms with Gasteiger partial charge in [0.25, 0.3) is 10.2 Å². The first-order valence-corrected chi connectivity index (χ1v) is 7.09. The van der Waals surface area contributed by atoms with Crippen LogP contribution in [0.5, 0.6) is 0 Å². The minimum absolute atomic E-state index is 0.0852. The first kappa shape index (κ1) is 14.4. The van der Waals surface area contributed by atoms with Crippen molar-refractivity contribution in [1.29, 1.82) is 0 Å². The van der Waals surface area contributed by atoms with E-state index in [1.54, 1.807) is 0 Å². The molecule has 1 N–H and O–H groups in total. The number of carboxylic acids is 1. The van der Waals surface area contributed by atoms with E-state index in [-0.39, 0.29) is 18.4 Å². The number of aliphatic carboxylic acids is 1. The predicted octanol–water partition coefficient (Wildman–Crippen LogP) is 0.368. The smallest absolute Gasteiger partial charge is 0.303 e. The molecule has 0 radical (unpaired) electrons. The quantitative estimate of drug-likeness (QED) is 0.795. The van der Waals surface area contributed by atoms with E-state index in [1.165, 1.54) is 15.7 Å². The van der Waals surface area contributed by atoms with Crippen LogP contribution >= 0.6 is 0 Å². The molecule has 0 spiro atoms. The number of nitrogens with zero attached hydrogens (tertiary/aromatic N) is 2. The van der Waals surface area contributed by atoms with Crippen LogP contribution in [0.1, 0.15) is 26.7 Å². The molecule has 0 aromatic rings. The fraction of sp³-hybridized carbons (Fsp3) is 0.900. The van der Waals surface area contributed by atoms with Crippen molar-refractivity contribution in [2.45, 2.75) is 32.7 Å². The summed E-state index contributed by atoms with van der Waals surface area (Å²) >= 11 is 0. The second kappa shape index (κ2) is 5.32. The van der Waals surface area contributed by atoms with E-state index < -0.39 is 16.2 Å². The van der Waals surface area contributed by atoms with Crippen molar-refractivity contribution >= 4 is 16.2 Å². The summed E-state index contributed by atoms with van der Waals surface area (Å²) < 4.78 is 26.7. The number of rotatable bonds is 4. The summed E-state index contributed by atoms with van der Waals surface area (Å²) in [5.74, 6) is -0.751. The summed E-state index contributed by atoms with van der Waals surface area (Å²) in [4.78, 5) is 10.5. The average Bonchev–Trinajstić information content (AvgIpc) is 2.19. The van der Waals surface area contributed by atoms with Gasteiger partial charge in [0.15, 0.2) is 0 Å². The fourth-order valence-corrected chi connectivity index (χ4v) is 3.72. The Hall–Kier alpha value is -0.660. The Bertz CT molecular complexity index is 380. The standard InChI is InChI=1S/C10H20N2O4S/c1-8(2)12-7-9(4-5-10(13)14)6-11(3)17(12,15)16/h8-9H,4-7H2,1-3H3,(H,13,14). The Morgan fingerprint density at radius 1 is 1.41 bits per heavy atom. The molecule has 1 atom stereocenters. The molecule has 6 nitrogen and oxygen atoms in total. The maximum atomic E-state index is 12.0. The van der Waals surface area contributed by atoms with E-state index >= 15 is 0 Å². The third kappa shape index (κ3) is 3.40. The Morgan fingerprint density at radius 3 is 2.47 bits per heavy atom. The van der Waals surface area contributed by atoms with Gasteiger partial charge >= 0.3 is 5.97 Å². The highest BCUT2D eigenvalue weighted by Gasteiger charge is 2.37. The van der Waals surface area contributed by atoms with Gasteiger partial charge in [-0.15, -0.1) is 0 Å². The van der Waals surface area contributed by atoms with Crippen molar-refractivity contribution in [1.82, 2.24) is 8.61 Å². The van der Waals surface area contributed by atoms with Crippen LogP contribution in [-0.2, 0) is 15.0 Å². The molecule has 0 amide bonds. The minimum Gasteiger partial charge on any atom is -0.481 e. The molecule has 1 aliphatic rings. The SMILES string of the molecule is CC(C)N1CC(CCC(=O)O)CN(C)S1(=O)=O. The zero-order valence-corrected chi connectivity index (χ0v) is 11.3. The molecule has 17 heavy (non-hydrogen) atoms. The van der Waals surface area contributed by atoms with E-state index in [1.807, 2.05) is 13.8 Å². The van der Waals surface area contributed by atoms with Crippen molar-refractivity contribution < 1.29 is 18.3 Å². The van der Waals surface area contributed by atoms with Crippen LogP contribution in [0.3, 0.4) is 0 Å². The number of carboxylic acid groups (broad SMARTS) is 1. The Labute approximate surface area is 102 Å². The lowest BCUT2D eigenvalue weighted by atomic mass is 10.0. The molecule has 1 saturated heterocycles.